The molecule has 1 aliphatic heterocycles. The van der Waals surface area contributed by atoms with Crippen LogP contribution < -0.4 is 0 Å². The van der Waals surface area contributed by atoms with Crippen LogP contribution in [0.3, 0.4) is 0 Å². The van der Waals surface area contributed by atoms with Crippen LogP contribution in [0.4, 0.5) is 0 Å². The minimum absolute atomic E-state index is 0.165. The number of Topliss-reactive ketones (excluding diaryl/α,β-unsaturated/α-hetero) is 1. The molecule has 2 nitrogen and oxygen atoms in total. The standard InChI is InChI=1S/C12H21NO/c1-12(2,3)11(14)8-13-7-9-4-5-10(13)6-9/h9-10H,4-8H2,1-3H3. The average molecular weight is 195 g/mol. The van der Waals surface area contributed by atoms with Crippen molar-refractivity contribution < 1.29 is 4.79 Å². The van der Waals surface area contributed by atoms with E-state index in [0.717, 1.165) is 12.0 Å². The number of rotatable bonds is 2. The molecule has 0 amide bonds. The number of nitrogens with zero attached hydrogens (tertiary/aromatic N) is 1. The van der Waals surface area contributed by atoms with Crippen LogP contribution in [-0.2, 0) is 4.79 Å². The lowest BCUT2D eigenvalue weighted by atomic mass is 9.90. The van der Waals surface area contributed by atoms with Crippen LogP contribution >= 0.6 is 0 Å². The molecule has 2 bridgehead atoms. The van der Waals surface area contributed by atoms with E-state index >= 15 is 0 Å². The van der Waals surface area contributed by atoms with Gasteiger partial charge in [-0.2, -0.15) is 0 Å². The molecule has 2 heteroatoms. The summed E-state index contributed by atoms with van der Waals surface area (Å²) in [5.41, 5.74) is -0.165. The smallest absolute Gasteiger partial charge is 0.152 e. The van der Waals surface area contributed by atoms with Crippen LogP contribution in [0.25, 0.3) is 0 Å². The highest BCUT2D eigenvalue weighted by Crippen LogP contribution is 2.37. The Bertz CT molecular complexity index is 241. The number of carbonyl (C=O) groups excluding carboxylic acids is 1. The molecule has 0 spiro atoms. The molecular formula is C12H21NO. The maximum atomic E-state index is 11.9. The summed E-state index contributed by atoms with van der Waals surface area (Å²) in [5, 5.41) is 0. The molecule has 1 saturated heterocycles. The van der Waals surface area contributed by atoms with Crippen molar-refractivity contribution in [2.24, 2.45) is 11.3 Å². The van der Waals surface area contributed by atoms with Crippen molar-refractivity contribution in [3.8, 4) is 0 Å². The first-order chi connectivity index (χ1) is 6.47. The second-order valence-corrected chi connectivity index (χ2v) is 5.94. The summed E-state index contributed by atoms with van der Waals surface area (Å²) in [6.07, 6.45) is 4.06. The molecule has 1 aliphatic carbocycles. The van der Waals surface area contributed by atoms with Gasteiger partial charge in [-0.25, -0.2) is 0 Å². The van der Waals surface area contributed by atoms with E-state index in [1.807, 2.05) is 20.8 Å². The van der Waals surface area contributed by atoms with Gasteiger partial charge in [-0.05, 0) is 25.2 Å². The molecule has 2 atom stereocenters. The van der Waals surface area contributed by atoms with Crippen LogP contribution in [0.15, 0.2) is 0 Å². The van der Waals surface area contributed by atoms with E-state index in [0.29, 0.717) is 12.3 Å². The zero-order chi connectivity index (χ0) is 10.3. The summed E-state index contributed by atoms with van der Waals surface area (Å²) in [6.45, 7) is 7.91. The van der Waals surface area contributed by atoms with E-state index < -0.39 is 0 Å². The number of carbonyl (C=O) groups is 1. The molecule has 2 aliphatic rings. The second kappa shape index (κ2) is 3.34. The van der Waals surface area contributed by atoms with Gasteiger partial charge in [0.15, 0.2) is 5.78 Å². The Kier molecular flexibility index (Phi) is 2.42. The van der Waals surface area contributed by atoms with Crippen molar-refractivity contribution in [1.29, 1.82) is 0 Å². The Labute approximate surface area is 86.7 Å². The molecule has 1 heterocycles. The van der Waals surface area contributed by atoms with Gasteiger partial charge in [0.2, 0.25) is 0 Å². The predicted octanol–water partition coefficient (Wildman–Crippen LogP) is 2.09. The van der Waals surface area contributed by atoms with Crippen molar-refractivity contribution >= 4 is 5.78 Å². The quantitative estimate of drug-likeness (QED) is 0.672. The van der Waals surface area contributed by atoms with Crippen LogP contribution in [0.1, 0.15) is 40.0 Å². The molecule has 0 N–H and O–H groups in total. The van der Waals surface area contributed by atoms with Gasteiger partial charge in [-0.15, -0.1) is 0 Å². The highest BCUT2D eigenvalue weighted by Gasteiger charge is 2.39. The number of fused-ring (bicyclic) bond motifs is 2. The Morgan fingerprint density at radius 3 is 2.50 bits per heavy atom. The molecule has 0 radical (unpaired) electrons. The third-order valence-electron chi connectivity index (χ3n) is 3.71. The molecule has 0 aromatic carbocycles. The fraction of sp³-hybridized carbons (Fsp3) is 0.917. The summed E-state index contributed by atoms with van der Waals surface area (Å²) in [5.74, 6) is 1.29. The normalized spacial score (nSPS) is 32.5. The fourth-order valence-corrected chi connectivity index (χ4v) is 2.64. The van der Waals surface area contributed by atoms with Crippen molar-refractivity contribution in [1.82, 2.24) is 4.90 Å². The summed E-state index contributed by atoms with van der Waals surface area (Å²) in [6, 6.07) is 0.728. The lowest BCUT2D eigenvalue weighted by Gasteiger charge is -2.28. The van der Waals surface area contributed by atoms with Crippen LogP contribution in [0, 0.1) is 11.3 Å². The second-order valence-electron chi connectivity index (χ2n) is 5.94. The maximum Gasteiger partial charge on any atom is 0.152 e. The predicted molar refractivity (Wildman–Crippen MR) is 57.2 cm³/mol. The average Bonchev–Trinajstić information content (AvgIpc) is 2.62. The number of likely N-dealkylation sites (tertiary alicyclic amines) is 1. The van der Waals surface area contributed by atoms with Gasteiger partial charge in [-0.3, -0.25) is 9.69 Å². The maximum absolute atomic E-state index is 11.9. The van der Waals surface area contributed by atoms with E-state index in [9.17, 15) is 4.79 Å². The number of ketones is 1. The van der Waals surface area contributed by atoms with Crippen molar-refractivity contribution in [2.75, 3.05) is 13.1 Å². The third kappa shape index (κ3) is 1.85. The monoisotopic (exact) mass is 195 g/mol. The van der Waals surface area contributed by atoms with E-state index in [4.69, 9.17) is 0 Å². The third-order valence-corrected chi connectivity index (χ3v) is 3.71. The van der Waals surface area contributed by atoms with Gasteiger partial charge in [0.25, 0.3) is 0 Å². The van der Waals surface area contributed by atoms with E-state index in [1.165, 1.54) is 25.8 Å². The van der Waals surface area contributed by atoms with Gasteiger partial charge < -0.3 is 0 Å². The van der Waals surface area contributed by atoms with Crippen LogP contribution in [0.5, 0.6) is 0 Å². The number of piperidine rings is 1. The molecule has 1 saturated carbocycles. The Morgan fingerprint density at radius 2 is 2.07 bits per heavy atom. The first-order valence-electron chi connectivity index (χ1n) is 5.74. The Balaban J connectivity index is 1.90. The van der Waals surface area contributed by atoms with E-state index in [1.54, 1.807) is 0 Å². The first-order valence-corrected chi connectivity index (χ1v) is 5.74. The van der Waals surface area contributed by atoms with Gasteiger partial charge in [0, 0.05) is 18.0 Å². The summed E-state index contributed by atoms with van der Waals surface area (Å²) in [7, 11) is 0. The summed E-state index contributed by atoms with van der Waals surface area (Å²) < 4.78 is 0. The Morgan fingerprint density at radius 1 is 1.36 bits per heavy atom. The van der Waals surface area contributed by atoms with Crippen molar-refractivity contribution in [3.63, 3.8) is 0 Å². The molecule has 2 rings (SSSR count). The number of hydrogen-bond donors (Lipinski definition) is 0. The summed E-state index contributed by atoms with van der Waals surface area (Å²) in [4.78, 5) is 14.3. The zero-order valence-electron chi connectivity index (χ0n) is 9.55. The van der Waals surface area contributed by atoms with Gasteiger partial charge in [0.05, 0.1) is 6.54 Å². The Hall–Kier alpha value is -0.370. The molecule has 14 heavy (non-hydrogen) atoms. The van der Waals surface area contributed by atoms with E-state index in [-0.39, 0.29) is 5.41 Å². The topological polar surface area (TPSA) is 20.3 Å². The summed E-state index contributed by atoms with van der Waals surface area (Å²) >= 11 is 0. The molecule has 2 unspecified atom stereocenters. The lowest BCUT2D eigenvalue weighted by molar-refractivity contribution is -0.127. The molecule has 0 aromatic heterocycles. The fourth-order valence-electron chi connectivity index (χ4n) is 2.64. The minimum atomic E-state index is -0.165. The molecule has 2 fully saturated rings. The highest BCUT2D eigenvalue weighted by atomic mass is 16.1. The highest BCUT2D eigenvalue weighted by molar-refractivity contribution is 5.85. The SMILES string of the molecule is CC(C)(C)C(=O)CN1CC2CCC1C2. The van der Waals surface area contributed by atoms with Crippen molar-refractivity contribution in [3.05, 3.63) is 0 Å². The van der Waals surface area contributed by atoms with E-state index in [2.05, 4.69) is 4.90 Å². The first kappa shape index (κ1) is 10.2. The molecular weight excluding hydrogens is 174 g/mol. The van der Waals surface area contributed by atoms with Gasteiger partial charge >= 0.3 is 0 Å². The minimum Gasteiger partial charge on any atom is -0.298 e. The number of hydrogen-bond acceptors (Lipinski definition) is 2. The van der Waals surface area contributed by atoms with Crippen molar-refractivity contribution in [2.45, 2.75) is 46.1 Å². The molecule has 0 aromatic rings. The van der Waals surface area contributed by atoms with Gasteiger partial charge in [0.1, 0.15) is 0 Å². The zero-order valence-corrected chi connectivity index (χ0v) is 9.55. The largest absolute Gasteiger partial charge is 0.298 e. The van der Waals surface area contributed by atoms with Gasteiger partial charge in [-0.1, -0.05) is 20.8 Å². The van der Waals surface area contributed by atoms with Crippen LogP contribution in [-0.4, -0.2) is 29.8 Å². The molecule has 80 valence electrons. The van der Waals surface area contributed by atoms with Crippen LogP contribution in [0.2, 0.25) is 0 Å². The lowest BCUT2D eigenvalue weighted by Crippen LogP contribution is -2.40.